The zero-order chi connectivity index (χ0) is 17.7. The van der Waals surface area contributed by atoms with Gasteiger partial charge in [0, 0.05) is 5.69 Å². The van der Waals surface area contributed by atoms with Crippen LogP contribution in [0.1, 0.15) is 21.4 Å². The highest BCUT2D eigenvalue weighted by molar-refractivity contribution is 7.73. The lowest BCUT2D eigenvalue weighted by Crippen LogP contribution is -2.38. The Morgan fingerprint density at radius 1 is 1.08 bits per heavy atom. The van der Waals surface area contributed by atoms with Gasteiger partial charge in [0.25, 0.3) is 5.91 Å². The van der Waals surface area contributed by atoms with E-state index in [1.54, 1.807) is 0 Å². The summed E-state index contributed by atoms with van der Waals surface area (Å²) in [6, 6.07) is 15.4. The number of carbonyl (C=O) groups excluding carboxylic acids is 1. The molecule has 2 aliphatic rings. The van der Waals surface area contributed by atoms with Crippen molar-refractivity contribution in [1.82, 2.24) is 9.88 Å². The number of nitrogens with zero attached hydrogens (tertiary/aromatic N) is 1. The summed E-state index contributed by atoms with van der Waals surface area (Å²) in [6.45, 7) is 0.214. The van der Waals surface area contributed by atoms with E-state index in [1.165, 1.54) is 11.3 Å². The molecule has 1 unspecified atom stereocenters. The third kappa shape index (κ3) is 2.38. The molecule has 1 atom stereocenters. The number of carbonyl (C=O) groups is 1. The first-order valence-electron chi connectivity index (χ1n) is 7.99. The zero-order valence-electron chi connectivity index (χ0n) is 13.4. The van der Waals surface area contributed by atoms with Crippen molar-refractivity contribution in [3.8, 4) is 17.2 Å². The Kier molecular flexibility index (Phi) is 3.47. The van der Waals surface area contributed by atoms with Crippen LogP contribution in [0.5, 0.6) is 11.5 Å². The van der Waals surface area contributed by atoms with Gasteiger partial charge in [0.2, 0.25) is 6.79 Å². The van der Waals surface area contributed by atoms with Crippen molar-refractivity contribution in [2.24, 2.45) is 0 Å². The Bertz CT molecular complexity index is 1080. The first kappa shape index (κ1) is 15.4. The molecule has 26 heavy (non-hydrogen) atoms. The monoisotopic (exact) mass is 383 g/mol. The van der Waals surface area contributed by atoms with E-state index in [9.17, 15) is 4.79 Å². The lowest BCUT2D eigenvalue weighted by Gasteiger charge is -2.27. The van der Waals surface area contributed by atoms with Crippen molar-refractivity contribution in [2.75, 3.05) is 12.1 Å². The molecule has 0 aliphatic carbocycles. The predicted octanol–water partition coefficient (Wildman–Crippen LogP) is 3.85. The molecule has 1 amide bonds. The van der Waals surface area contributed by atoms with Crippen LogP contribution in [-0.2, 0) is 0 Å². The van der Waals surface area contributed by atoms with Gasteiger partial charge in [-0.1, -0.05) is 35.6 Å². The lowest BCUT2D eigenvalue weighted by atomic mass is 10.1. The maximum Gasteiger partial charge on any atom is 0.267 e. The van der Waals surface area contributed by atoms with Crippen molar-refractivity contribution >= 4 is 35.3 Å². The Balaban J connectivity index is 1.58. The maximum absolute atomic E-state index is 12.6. The van der Waals surface area contributed by atoms with Crippen molar-refractivity contribution in [3.05, 3.63) is 62.9 Å². The number of thiazole rings is 1. The number of aromatic nitrogens is 1. The minimum Gasteiger partial charge on any atom is -0.454 e. The van der Waals surface area contributed by atoms with E-state index >= 15 is 0 Å². The van der Waals surface area contributed by atoms with Crippen LogP contribution in [0.15, 0.2) is 48.5 Å². The molecule has 1 aromatic heterocycles. The molecule has 3 aromatic rings. The SMILES string of the molecule is O=C1NC(c2ccc3c(c2)OCO3)Nc2c1sc(=S)n2-c1ccccc1. The third-order valence-electron chi connectivity index (χ3n) is 4.32. The molecule has 0 spiro atoms. The van der Waals surface area contributed by atoms with Gasteiger partial charge in [-0.25, -0.2) is 0 Å². The van der Waals surface area contributed by atoms with E-state index in [0.29, 0.717) is 26.1 Å². The summed E-state index contributed by atoms with van der Waals surface area (Å²) in [6.07, 6.45) is -0.386. The highest BCUT2D eigenvalue weighted by Crippen LogP contribution is 2.38. The number of rotatable bonds is 2. The topological polar surface area (TPSA) is 64.5 Å². The molecule has 2 N–H and O–H groups in total. The molecule has 2 aliphatic heterocycles. The first-order chi connectivity index (χ1) is 12.7. The molecule has 5 rings (SSSR count). The number of benzene rings is 2. The summed E-state index contributed by atoms with van der Waals surface area (Å²) in [5, 5.41) is 6.38. The van der Waals surface area contributed by atoms with Crippen molar-refractivity contribution in [2.45, 2.75) is 6.17 Å². The summed E-state index contributed by atoms with van der Waals surface area (Å²) in [7, 11) is 0. The predicted molar refractivity (Wildman–Crippen MR) is 101 cm³/mol. The van der Waals surface area contributed by atoms with Gasteiger partial charge in [-0.15, -0.1) is 0 Å². The Labute approximate surface area is 158 Å². The van der Waals surface area contributed by atoms with Crippen LogP contribution in [0.3, 0.4) is 0 Å². The Morgan fingerprint density at radius 2 is 1.88 bits per heavy atom. The highest BCUT2D eigenvalue weighted by atomic mass is 32.1. The third-order valence-corrected chi connectivity index (χ3v) is 5.69. The summed E-state index contributed by atoms with van der Waals surface area (Å²) in [5.41, 5.74) is 1.80. The number of para-hydroxylation sites is 1. The van der Waals surface area contributed by atoms with E-state index in [1.807, 2.05) is 53.1 Å². The summed E-state index contributed by atoms with van der Waals surface area (Å²) in [4.78, 5) is 13.2. The van der Waals surface area contributed by atoms with Crippen LogP contribution >= 0.6 is 23.6 Å². The normalized spacial score (nSPS) is 17.4. The van der Waals surface area contributed by atoms with Gasteiger partial charge in [-0.3, -0.25) is 9.36 Å². The molecule has 0 bridgehead atoms. The van der Waals surface area contributed by atoms with E-state index in [2.05, 4.69) is 10.6 Å². The van der Waals surface area contributed by atoms with Gasteiger partial charge < -0.3 is 20.1 Å². The average molecular weight is 383 g/mol. The summed E-state index contributed by atoms with van der Waals surface area (Å²) >= 11 is 6.80. The lowest BCUT2D eigenvalue weighted by molar-refractivity contribution is 0.0939. The number of hydrogen-bond donors (Lipinski definition) is 2. The second-order valence-corrected chi connectivity index (χ2v) is 7.52. The smallest absolute Gasteiger partial charge is 0.267 e. The minimum atomic E-state index is -0.386. The van der Waals surface area contributed by atoms with Crippen molar-refractivity contribution in [3.63, 3.8) is 0 Å². The van der Waals surface area contributed by atoms with Gasteiger partial charge in [-0.05, 0) is 42.0 Å². The van der Waals surface area contributed by atoms with Crippen LogP contribution in [0.4, 0.5) is 5.82 Å². The largest absolute Gasteiger partial charge is 0.454 e. The van der Waals surface area contributed by atoms with Gasteiger partial charge in [0.05, 0.1) is 0 Å². The van der Waals surface area contributed by atoms with Gasteiger partial charge in [-0.2, -0.15) is 0 Å². The number of nitrogens with one attached hydrogen (secondary N) is 2. The number of anilines is 1. The Morgan fingerprint density at radius 3 is 2.73 bits per heavy atom. The molecule has 6 nitrogen and oxygen atoms in total. The highest BCUT2D eigenvalue weighted by Gasteiger charge is 2.30. The van der Waals surface area contributed by atoms with Crippen LogP contribution in [0.2, 0.25) is 0 Å². The van der Waals surface area contributed by atoms with Crippen LogP contribution in [-0.4, -0.2) is 17.3 Å². The molecule has 3 heterocycles. The second kappa shape index (κ2) is 5.86. The number of hydrogen-bond acceptors (Lipinski definition) is 6. The van der Waals surface area contributed by atoms with E-state index in [0.717, 1.165) is 11.3 Å². The molecular formula is C18H13N3O3S2. The molecule has 0 saturated heterocycles. The second-order valence-electron chi connectivity index (χ2n) is 5.88. The van der Waals surface area contributed by atoms with E-state index in [4.69, 9.17) is 21.7 Å². The number of amides is 1. The van der Waals surface area contributed by atoms with Crippen LogP contribution < -0.4 is 20.1 Å². The molecule has 2 aromatic carbocycles. The molecule has 130 valence electrons. The van der Waals surface area contributed by atoms with Gasteiger partial charge >= 0.3 is 0 Å². The molecular weight excluding hydrogens is 370 g/mol. The van der Waals surface area contributed by atoms with E-state index < -0.39 is 0 Å². The number of ether oxygens (including phenoxy) is 2. The quantitative estimate of drug-likeness (QED) is 0.658. The average Bonchev–Trinajstić information content (AvgIpc) is 3.25. The minimum absolute atomic E-state index is 0.146. The summed E-state index contributed by atoms with van der Waals surface area (Å²) in [5.74, 6) is 1.94. The fourth-order valence-electron chi connectivity index (χ4n) is 3.10. The van der Waals surface area contributed by atoms with Gasteiger partial charge in [0.15, 0.2) is 15.5 Å². The van der Waals surface area contributed by atoms with Crippen molar-refractivity contribution in [1.29, 1.82) is 0 Å². The molecule has 0 radical (unpaired) electrons. The maximum atomic E-state index is 12.6. The van der Waals surface area contributed by atoms with Crippen LogP contribution in [0.25, 0.3) is 5.69 Å². The van der Waals surface area contributed by atoms with E-state index in [-0.39, 0.29) is 18.9 Å². The molecule has 0 saturated carbocycles. The molecule has 0 fully saturated rings. The van der Waals surface area contributed by atoms with Crippen LogP contribution in [0, 0.1) is 3.95 Å². The zero-order valence-corrected chi connectivity index (χ0v) is 15.0. The fraction of sp³-hybridized carbons (Fsp3) is 0.111. The fourth-order valence-corrected chi connectivity index (χ4v) is 4.41. The molecule has 8 heteroatoms. The number of fused-ring (bicyclic) bond motifs is 2. The summed E-state index contributed by atoms with van der Waals surface area (Å²) < 4.78 is 13.3. The first-order valence-corrected chi connectivity index (χ1v) is 9.21. The standard InChI is InChI=1S/C18H13N3O3S2/c22-17-14-16(21(18(25)26-14)11-4-2-1-3-5-11)19-15(20-17)10-6-7-12-13(8-10)24-9-23-12/h1-8,15,19H,9H2,(H,20,22). The van der Waals surface area contributed by atoms with Gasteiger partial charge in [0.1, 0.15) is 16.9 Å². The van der Waals surface area contributed by atoms with Crippen molar-refractivity contribution < 1.29 is 14.3 Å². The Hall–Kier alpha value is -2.84.